The van der Waals surface area contributed by atoms with E-state index in [9.17, 15) is 27.9 Å². The number of fused-ring (bicyclic) bond motifs is 2. The predicted molar refractivity (Wildman–Crippen MR) is 122 cm³/mol. The van der Waals surface area contributed by atoms with E-state index in [2.05, 4.69) is 4.98 Å². The Morgan fingerprint density at radius 3 is 2.40 bits per heavy atom. The van der Waals surface area contributed by atoms with Gasteiger partial charge in [0.2, 0.25) is 0 Å². The van der Waals surface area contributed by atoms with Crippen molar-refractivity contribution in [2.75, 3.05) is 6.61 Å². The Labute approximate surface area is 233 Å². The van der Waals surface area contributed by atoms with E-state index in [0.29, 0.717) is 37.3 Å². The Morgan fingerprint density at radius 1 is 0.971 bits per heavy atom. The van der Waals surface area contributed by atoms with Crippen molar-refractivity contribution in [1.82, 2.24) is 18.7 Å². The first-order chi connectivity index (χ1) is 16.2. The topological polar surface area (TPSA) is 108 Å². The average molecular weight is 702 g/mol. The summed E-state index contributed by atoms with van der Waals surface area (Å²) in [6.07, 6.45) is -3.55. The number of aliphatic hydroxyl groups is 1. The third kappa shape index (κ3) is 5.88. The average Bonchev–Trinajstić information content (AvgIpc) is 3.15. The minimum atomic E-state index is -4.74. The van der Waals surface area contributed by atoms with Crippen molar-refractivity contribution >= 4 is 21.9 Å². The van der Waals surface area contributed by atoms with Crippen LogP contribution in [0, 0.1) is 44.1 Å². The maximum absolute atomic E-state index is 13.2. The van der Waals surface area contributed by atoms with E-state index in [0.717, 1.165) is 15.6 Å². The summed E-state index contributed by atoms with van der Waals surface area (Å²) in [5.74, 6) is 0.451. The second-order valence-electron chi connectivity index (χ2n) is 8.03. The molecule has 0 amide bonds. The summed E-state index contributed by atoms with van der Waals surface area (Å²) in [5.41, 5.74) is 6.21. The number of halogens is 3. The molecule has 2 aromatic heterocycles. The van der Waals surface area contributed by atoms with Crippen molar-refractivity contribution in [3.8, 4) is 0 Å². The van der Waals surface area contributed by atoms with Gasteiger partial charge in [-0.25, -0.2) is 9.78 Å². The number of nitrogens with zero attached hydrogens (tertiary/aromatic N) is 4. The van der Waals surface area contributed by atoms with E-state index in [-0.39, 0.29) is 72.7 Å². The van der Waals surface area contributed by atoms with Crippen LogP contribution in [0.4, 0.5) is 13.2 Å². The number of benzene rings is 2. The second kappa shape index (κ2) is 11.4. The fraction of sp³-hybridized carbons (Fsp3) is 0.348. The number of unbranched alkanes of at least 4 members (excludes halogenated alkanes) is 1. The van der Waals surface area contributed by atoms with E-state index in [4.69, 9.17) is 5.73 Å². The molecule has 2 heterocycles. The smallest absolute Gasteiger partial charge is 0.396 e. The number of para-hydroxylation sites is 1. The van der Waals surface area contributed by atoms with Gasteiger partial charge < -0.3 is 15.4 Å². The van der Waals surface area contributed by atoms with Crippen LogP contribution in [0.15, 0.2) is 52.1 Å². The fourth-order valence-electron chi connectivity index (χ4n) is 4.09. The summed E-state index contributed by atoms with van der Waals surface area (Å²) in [7, 11) is 0. The summed E-state index contributed by atoms with van der Waals surface area (Å²) in [6.45, 7) is -0.990. The van der Waals surface area contributed by atoms with Gasteiger partial charge in [-0.1, -0.05) is 18.2 Å². The molecule has 0 aliphatic rings. The van der Waals surface area contributed by atoms with Crippen LogP contribution in [-0.2, 0) is 26.2 Å². The van der Waals surface area contributed by atoms with Gasteiger partial charge in [-0.05, 0) is 42.7 Å². The van der Waals surface area contributed by atoms with Crippen LogP contribution < -0.4 is 17.0 Å². The monoisotopic (exact) mass is 702 g/mol. The van der Waals surface area contributed by atoms with E-state index in [1.165, 1.54) is 18.2 Å². The molecular weight excluding hydrogens is 678 g/mol. The van der Waals surface area contributed by atoms with E-state index in [1.807, 2.05) is 22.8 Å². The number of aliphatic hydroxyl groups excluding tert-OH is 1. The number of nitrogens with two attached hydrogens (primary N) is 1. The molecule has 0 atom stereocenters. The standard InChI is InChI=1S/C23H24F3N5O3.Ac/c24-23(25,26)14-31-21(33)16-5-1-2-6-18(16)30(22(31)34)13-20-28-17-11-15(12-27)7-8-19(17)29(20)9-3-4-10-32;/h1-2,5-8,11,32H,3-4,9-10,12-14,27H2;. The van der Waals surface area contributed by atoms with Crippen LogP contribution >= 0.6 is 0 Å². The number of aromatic nitrogens is 4. The van der Waals surface area contributed by atoms with E-state index >= 15 is 0 Å². The molecule has 0 fully saturated rings. The minimum Gasteiger partial charge on any atom is -0.396 e. The molecule has 4 rings (SSSR count). The van der Waals surface area contributed by atoms with Crippen LogP contribution in [-0.4, -0.2) is 36.6 Å². The fourth-order valence-corrected chi connectivity index (χ4v) is 4.09. The molecule has 0 bridgehead atoms. The van der Waals surface area contributed by atoms with Gasteiger partial charge in [0.05, 0.1) is 28.5 Å². The van der Waals surface area contributed by atoms with Crippen molar-refractivity contribution in [3.63, 3.8) is 0 Å². The molecule has 4 aromatic rings. The Hall–Kier alpha value is -2.00. The molecule has 2 aromatic carbocycles. The molecule has 35 heavy (non-hydrogen) atoms. The zero-order valence-electron chi connectivity index (χ0n) is 18.8. The van der Waals surface area contributed by atoms with Gasteiger partial charge >= 0.3 is 11.9 Å². The van der Waals surface area contributed by atoms with Crippen molar-refractivity contribution < 1.29 is 62.3 Å². The van der Waals surface area contributed by atoms with Crippen molar-refractivity contribution in [2.45, 2.75) is 45.2 Å². The Balaban J connectivity index is 0.00000342. The zero-order valence-corrected chi connectivity index (χ0v) is 23.6. The SMILES string of the molecule is NCc1ccc2c(c1)nc(Cn1c(=O)n(CC(F)(F)F)c(=O)c3ccccc31)n2CCCCO.[Ac]. The Kier molecular flexibility index (Phi) is 8.96. The predicted octanol–water partition coefficient (Wildman–Crippen LogP) is 2.35. The first-order valence-electron chi connectivity index (χ1n) is 10.8. The maximum Gasteiger partial charge on any atom is 0.406 e. The molecule has 8 nitrogen and oxygen atoms in total. The Morgan fingerprint density at radius 2 is 1.71 bits per heavy atom. The molecule has 0 saturated carbocycles. The van der Waals surface area contributed by atoms with Gasteiger partial charge in [0.1, 0.15) is 12.4 Å². The summed E-state index contributed by atoms with van der Waals surface area (Å²) in [5, 5.41) is 9.19. The van der Waals surface area contributed by atoms with Crippen LogP contribution in [0.1, 0.15) is 24.2 Å². The van der Waals surface area contributed by atoms with E-state index < -0.39 is 24.0 Å². The number of rotatable bonds is 8. The molecule has 12 heteroatoms. The molecule has 183 valence electrons. The molecule has 1 radical (unpaired) electrons. The Bertz CT molecular complexity index is 1460. The first-order valence-corrected chi connectivity index (χ1v) is 10.8. The number of hydrogen-bond acceptors (Lipinski definition) is 5. The van der Waals surface area contributed by atoms with Crippen LogP contribution in [0.3, 0.4) is 0 Å². The third-order valence-electron chi connectivity index (χ3n) is 5.69. The van der Waals surface area contributed by atoms with Gasteiger partial charge in [0.15, 0.2) is 0 Å². The number of hydrogen-bond donors (Lipinski definition) is 2. The van der Waals surface area contributed by atoms with Gasteiger partial charge in [0.25, 0.3) is 5.56 Å². The van der Waals surface area contributed by atoms with E-state index in [1.54, 1.807) is 6.07 Å². The van der Waals surface area contributed by atoms with Gasteiger partial charge in [-0.15, -0.1) is 0 Å². The van der Waals surface area contributed by atoms with Crippen molar-refractivity contribution in [2.24, 2.45) is 5.73 Å². The minimum absolute atomic E-state index is 0. The molecule has 0 saturated heterocycles. The normalized spacial score (nSPS) is 11.8. The van der Waals surface area contributed by atoms with Gasteiger partial charge in [-0.2, -0.15) is 13.2 Å². The van der Waals surface area contributed by atoms with Crippen molar-refractivity contribution in [3.05, 3.63) is 74.7 Å². The maximum atomic E-state index is 13.2. The first kappa shape index (κ1) is 27.6. The second-order valence-corrected chi connectivity index (χ2v) is 8.03. The summed E-state index contributed by atoms with van der Waals surface area (Å²) < 4.78 is 42.7. The summed E-state index contributed by atoms with van der Waals surface area (Å²) in [6, 6.07) is 11.6. The summed E-state index contributed by atoms with van der Waals surface area (Å²) >= 11 is 0. The zero-order chi connectivity index (χ0) is 24.5. The summed E-state index contributed by atoms with van der Waals surface area (Å²) in [4.78, 5) is 30.4. The van der Waals surface area contributed by atoms with Gasteiger partial charge in [0, 0.05) is 63.8 Å². The van der Waals surface area contributed by atoms with Crippen LogP contribution in [0.25, 0.3) is 21.9 Å². The quantitative estimate of drug-likeness (QED) is 0.275. The molecule has 0 spiro atoms. The molecule has 0 aliphatic carbocycles. The molecule has 0 aliphatic heterocycles. The molecule has 3 N–H and O–H groups in total. The third-order valence-corrected chi connectivity index (χ3v) is 5.69. The molecular formula is C23H24AcF3N5O3. The van der Waals surface area contributed by atoms with Crippen LogP contribution in [0.5, 0.6) is 0 Å². The number of imidazole rings is 1. The number of aryl methyl sites for hydroxylation is 1. The van der Waals surface area contributed by atoms with Crippen LogP contribution in [0.2, 0.25) is 0 Å². The van der Waals surface area contributed by atoms with Gasteiger partial charge in [-0.3, -0.25) is 13.9 Å². The largest absolute Gasteiger partial charge is 0.406 e. The molecule has 0 unspecified atom stereocenters. The number of alkyl halides is 3. The van der Waals surface area contributed by atoms with Crippen molar-refractivity contribution in [1.29, 1.82) is 0 Å².